The first kappa shape index (κ1) is 12.0. The molecule has 0 fully saturated rings. The molecule has 0 bridgehead atoms. The zero-order valence-electron chi connectivity index (χ0n) is 9.26. The topological polar surface area (TPSA) is 29.9 Å². The standard InChI is InChI=1S/C11H10BrF2N3/c1-6-5-17(2)11(15-6)16-10-8(12)3-7(13)4-9(10)14/h3-5H,1-2H3,(H,15,16). The van der Waals surface area contributed by atoms with Gasteiger partial charge in [-0.1, -0.05) is 0 Å². The fourth-order valence-corrected chi connectivity index (χ4v) is 2.01. The van der Waals surface area contributed by atoms with E-state index in [1.165, 1.54) is 6.07 Å². The number of nitrogens with one attached hydrogen (secondary N) is 1. The highest BCUT2D eigenvalue weighted by atomic mass is 79.9. The Labute approximate surface area is 106 Å². The summed E-state index contributed by atoms with van der Waals surface area (Å²) in [5.74, 6) is -0.804. The van der Waals surface area contributed by atoms with Gasteiger partial charge in [0.25, 0.3) is 0 Å². The number of aromatic nitrogens is 2. The number of nitrogens with zero attached hydrogens (tertiary/aromatic N) is 2. The minimum atomic E-state index is -0.669. The minimum Gasteiger partial charge on any atom is -0.322 e. The molecule has 0 radical (unpaired) electrons. The molecule has 6 heteroatoms. The van der Waals surface area contributed by atoms with Gasteiger partial charge >= 0.3 is 0 Å². The maximum Gasteiger partial charge on any atom is 0.207 e. The van der Waals surface area contributed by atoms with Crippen molar-refractivity contribution in [2.45, 2.75) is 6.92 Å². The predicted molar refractivity (Wildman–Crippen MR) is 65.3 cm³/mol. The van der Waals surface area contributed by atoms with Crippen LogP contribution in [0.4, 0.5) is 20.4 Å². The lowest BCUT2D eigenvalue weighted by Gasteiger charge is -2.09. The average Bonchev–Trinajstić information content (AvgIpc) is 2.51. The van der Waals surface area contributed by atoms with Gasteiger partial charge in [0.15, 0.2) is 5.82 Å². The van der Waals surface area contributed by atoms with Crippen LogP contribution in [0.25, 0.3) is 0 Å². The molecular weight excluding hydrogens is 292 g/mol. The van der Waals surface area contributed by atoms with Crippen LogP contribution in [-0.2, 0) is 7.05 Å². The number of benzene rings is 1. The van der Waals surface area contributed by atoms with Crippen molar-refractivity contribution < 1.29 is 8.78 Å². The van der Waals surface area contributed by atoms with Crippen LogP contribution in [0.1, 0.15) is 5.69 Å². The van der Waals surface area contributed by atoms with Crippen molar-refractivity contribution in [1.82, 2.24) is 9.55 Å². The van der Waals surface area contributed by atoms with Gasteiger partial charge in [-0.2, -0.15) is 0 Å². The maximum absolute atomic E-state index is 13.6. The smallest absolute Gasteiger partial charge is 0.207 e. The highest BCUT2D eigenvalue weighted by molar-refractivity contribution is 9.10. The van der Waals surface area contributed by atoms with Crippen LogP contribution in [0, 0.1) is 18.6 Å². The molecule has 2 aromatic rings. The number of hydrogen-bond acceptors (Lipinski definition) is 2. The van der Waals surface area contributed by atoms with E-state index >= 15 is 0 Å². The van der Waals surface area contributed by atoms with Gasteiger partial charge in [-0.05, 0) is 28.9 Å². The molecule has 1 N–H and O–H groups in total. The molecule has 0 aliphatic heterocycles. The molecule has 1 aromatic carbocycles. The molecule has 0 aliphatic carbocycles. The van der Waals surface area contributed by atoms with E-state index < -0.39 is 11.6 Å². The number of imidazole rings is 1. The molecular formula is C11H10BrF2N3. The van der Waals surface area contributed by atoms with Crippen molar-refractivity contribution in [1.29, 1.82) is 0 Å². The van der Waals surface area contributed by atoms with Crippen LogP contribution in [0.2, 0.25) is 0 Å². The van der Waals surface area contributed by atoms with Crippen LogP contribution in [-0.4, -0.2) is 9.55 Å². The molecule has 0 saturated heterocycles. The molecule has 0 spiro atoms. The summed E-state index contributed by atoms with van der Waals surface area (Å²) >= 11 is 3.11. The second-order valence-electron chi connectivity index (χ2n) is 3.69. The monoisotopic (exact) mass is 301 g/mol. The minimum absolute atomic E-state index is 0.167. The lowest BCUT2D eigenvalue weighted by molar-refractivity contribution is 0.584. The molecule has 0 atom stereocenters. The van der Waals surface area contributed by atoms with Crippen molar-refractivity contribution in [3.63, 3.8) is 0 Å². The summed E-state index contributed by atoms with van der Waals surface area (Å²) < 4.78 is 28.5. The quantitative estimate of drug-likeness (QED) is 0.920. The van der Waals surface area contributed by atoms with E-state index in [-0.39, 0.29) is 5.69 Å². The third-order valence-corrected chi connectivity index (χ3v) is 2.87. The summed E-state index contributed by atoms with van der Waals surface area (Å²) in [5, 5.41) is 2.82. The summed E-state index contributed by atoms with van der Waals surface area (Å²) in [6, 6.07) is 2.02. The van der Waals surface area contributed by atoms with Crippen molar-refractivity contribution in [3.05, 3.63) is 40.1 Å². The third kappa shape index (κ3) is 2.46. The van der Waals surface area contributed by atoms with E-state index in [1.54, 1.807) is 17.8 Å². The molecule has 90 valence electrons. The first-order chi connectivity index (χ1) is 7.97. The molecule has 3 nitrogen and oxygen atoms in total. The van der Waals surface area contributed by atoms with Gasteiger partial charge in [-0.3, -0.25) is 0 Å². The van der Waals surface area contributed by atoms with Crippen LogP contribution in [0.5, 0.6) is 0 Å². The van der Waals surface area contributed by atoms with Gasteiger partial charge < -0.3 is 9.88 Å². The number of hydrogen-bond donors (Lipinski definition) is 1. The van der Waals surface area contributed by atoms with Gasteiger partial charge in [0, 0.05) is 23.8 Å². The SMILES string of the molecule is Cc1cn(C)c(Nc2c(F)cc(F)cc2Br)n1. The Hall–Kier alpha value is -1.43. The molecule has 0 amide bonds. The van der Waals surface area contributed by atoms with Crippen molar-refractivity contribution in [2.75, 3.05) is 5.32 Å². The van der Waals surface area contributed by atoms with E-state index in [9.17, 15) is 8.78 Å². The Morgan fingerprint density at radius 3 is 2.59 bits per heavy atom. The average molecular weight is 302 g/mol. The summed E-state index contributed by atoms with van der Waals surface area (Å²) in [6.45, 7) is 1.83. The molecule has 2 rings (SSSR count). The normalized spacial score (nSPS) is 10.6. The third-order valence-electron chi connectivity index (χ3n) is 2.24. The van der Waals surface area contributed by atoms with Gasteiger partial charge in [0.1, 0.15) is 5.82 Å². The molecule has 1 heterocycles. The van der Waals surface area contributed by atoms with Crippen LogP contribution < -0.4 is 5.32 Å². The van der Waals surface area contributed by atoms with Crippen molar-refractivity contribution in [2.24, 2.45) is 7.05 Å². The van der Waals surface area contributed by atoms with E-state index in [4.69, 9.17) is 0 Å². The van der Waals surface area contributed by atoms with Crippen LogP contribution in [0.15, 0.2) is 22.8 Å². The summed E-state index contributed by atoms with van der Waals surface area (Å²) in [6.07, 6.45) is 1.80. The molecule has 0 unspecified atom stereocenters. The van der Waals surface area contributed by atoms with Crippen molar-refractivity contribution in [3.8, 4) is 0 Å². The van der Waals surface area contributed by atoms with Crippen molar-refractivity contribution >= 4 is 27.6 Å². The maximum atomic E-state index is 13.6. The zero-order valence-corrected chi connectivity index (χ0v) is 10.8. The Balaban J connectivity index is 2.39. The molecule has 0 saturated carbocycles. The summed E-state index contributed by atoms with van der Waals surface area (Å²) in [4.78, 5) is 4.18. The van der Waals surface area contributed by atoms with Gasteiger partial charge in [-0.25, -0.2) is 13.8 Å². The van der Waals surface area contributed by atoms with Crippen LogP contribution >= 0.6 is 15.9 Å². The Morgan fingerprint density at radius 2 is 2.06 bits per heavy atom. The fraction of sp³-hybridized carbons (Fsp3) is 0.182. The number of aryl methyl sites for hydroxylation is 2. The van der Waals surface area contributed by atoms with Gasteiger partial charge in [0.2, 0.25) is 5.95 Å². The van der Waals surface area contributed by atoms with Gasteiger partial charge in [0.05, 0.1) is 11.4 Å². The van der Waals surface area contributed by atoms with E-state index in [0.29, 0.717) is 10.4 Å². The fourth-order valence-electron chi connectivity index (χ4n) is 1.51. The predicted octanol–water partition coefficient (Wildman–Crippen LogP) is 3.51. The molecule has 17 heavy (non-hydrogen) atoms. The highest BCUT2D eigenvalue weighted by Gasteiger charge is 2.12. The van der Waals surface area contributed by atoms with Crippen LogP contribution in [0.3, 0.4) is 0 Å². The number of rotatable bonds is 2. The largest absolute Gasteiger partial charge is 0.322 e. The van der Waals surface area contributed by atoms with E-state index in [0.717, 1.165) is 11.8 Å². The Kier molecular flexibility index (Phi) is 3.15. The molecule has 0 aliphatic rings. The molecule has 1 aromatic heterocycles. The Morgan fingerprint density at radius 1 is 1.35 bits per heavy atom. The second-order valence-corrected chi connectivity index (χ2v) is 4.54. The first-order valence-corrected chi connectivity index (χ1v) is 5.68. The van der Waals surface area contributed by atoms with Gasteiger partial charge in [-0.15, -0.1) is 0 Å². The summed E-state index contributed by atoms with van der Waals surface area (Å²) in [7, 11) is 1.79. The lowest BCUT2D eigenvalue weighted by Crippen LogP contribution is -2.01. The number of anilines is 2. The van der Waals surface area contributed by atoms with E-state index in [2.05, 4.69) is 26.2 Å². The lowest BCUT2D eigenvalue weighted by atomic mass is 10.3. The zero-order chi connectivity index (χ0) is 12.6. The first-order valence-electron chi connectivity index (χ1n) is 4.89. The summed E-state index contributed by atoms with van der Waals surface area (Å²) in [5.41, 5.74) is 0.980. The van der Waals surface area contributed by atoms with E-state index in [1.807, 2.05) is 6.92 Å². The second kappa shape index (κ2) is 4.44. The Bertz CT molecular complexity index is 543. The highest BCUT2D eigenvalue weighted by Crippen LogP contribution is 2.29. The number of halogens is 3.